The van der Waals surface area contributed by atoms with Gasteiger partial charge in [0.25, 0.3) is 0 Å². The molecule has 5 rings (SSSR count). The highest BCUT2D eigenvalue weighted by Gasteiger charge is 2.25. The molecule has 0 spiro atoms. The maximum atomic E-state index is 6.11. The van der Waals surface area contributed by atoms with Gasteiger partial charge in [0.05, 0.1) is 5.69 Å². The van der Waals surface area contributed by atoms with E-state index in [1.165, 1.54) is 12.8 Å². The summed E-state index contributed by atoms with van der Waals surface area (Å²) >= 11 is 1.67. The number of pyridine rings is 1. The molecule has 4 aromatic heterocycles. The van der Waals surface area contributed by atoms with E-state index in [2.05, 4.69) is 47.7 Å². The van der Waals surface area contributed by atoms with E-state index in [9.17, 15) is 0 Å². The summed E-state index contributed by atoms with van der Waals surface area (Å²) < 4.78 is 2.29. The molecule has 0 aromatic carbocycles. The van der Waals surface area contributed by atoms with Gasteiger partial charge in [-0.1, -0.05) is 18.9 Å². The number of hydrogen-bond donors (Lipinski definition) is 3. The van der Waals surface area contributed by atoms with Gasteiger partial charge in [0.15, 0.2) is 17.0 Å². The Hall–Kier alpha value is -3.04. The first kappa shape index (κ1) is 20.8. The summed E-state index contributed by atoms with van der Waals surface area (Å²) in [4.78, 5) is 18.6. The van der Waals surface area contributed by atoms with Crippen LogP contribution in [-0.2, 0) is 13.0 Å². The number of hydrogen-bond acceptors (Lipinski definition) is 8. The van der Waals surface area contributed by atoms with Gasteiger partial charge in [-0.15, -0.1) is 0 Å². The number of imidazole rings is 1. The highest BCUT2D eigenvalue weighted by Crippen LogP contribution is 2.35. The van der Waals surface area contributed by atoms with E-state index in [0.717, 1.165) is 59.5 Å². The number of anilines is 2. The number of nitrogens with two attached hydrogens (primary N) is 2. The van der Waals surface area contributed by atoms with Crippen molar-refractivity contribution in [3.63, 3.8) is 0 Å². The zero-order valence-electron chi connectivity index (χ0n) is 18.0. The molecule has 8 nitrogen and oxygen atoms in total. The van der Waals surface area contributed by atoms with Crippen LogP contribution >= 0.6 is 11.3 Å². The van der Waals surface area contributed by atoms with E-state index in [1.54, 1.807) is 11.3 Å². The van der Waals surface area contributed by atoms with Crippen molar-refractivity contribution in [2.75, 3.05) is 17.6 Å². The fourth-order valence-corrected chi connectivity index (χ4v) is 5.09. The first-order chi connectivity index (χ1) is 15.7. The second kappa shape index (κ2) is 9.22. The molecular weight excluding hydrogens is 420 g/mol. The molecule has 0 radical (unpaired) electrons. The monoisotopic (exact) mass is 448 g/mol. The lowest BCUT2D eigenvalue weighted by Gasteiger charge is -2.16. The lowest BCUT2D eigenvalue weighted by atomic mass is 10.2. The first-order valence-electron chi connectivity index (χ1n) is 11.2. The Morgan fingerprint density at radius 1 is 1.12 bits per heavy atom. The van der Waals surface area contributed by atoms with Gasteiger partial charge in [-0.05, 0) is 48.9 Å². The molecule has 0 bridgehead atoms. The molecule has 0 aliphatic heterocycles. The van der Waals surface area contributed by atoms with Gasteiger partial charge in [0, 0.05) is 36.1 Å². The SMILES string of the molecule is NCCCc1nc2c(NCc3ccc(-c4ccsc4)nc3)nc(N)nc2n1C1CCCC1. The summed E-state index contributed by atoms with van der Waals surface area (Å²) in [7, 11) is 0. The van der Waals surface area contributed by atoms with Crippen LogP contribution in [-0.4, -0.2) is 31.0 Å². The van der Waals surface area contributed by atoms with Gasteiger partial charge in [-0.25, -0.2) is 4.98 Å². The van der Waals surface area contributed by atoms with Gasteiger partial charge >= 0.3 is 0 Å². The molecule has 4 heterocycles. The van der Waals surface area contributed by atoms with Gasteiger partial charge in [0.1, 0.15) is 5.82 Å². The number of nitrogens with one attached hydrogen (secondary N) is 1. The van der Waals surface area contributed by atoms with Crippen LogP contribution in [0.2, 0.25) is 0 Å². The quantitative estimate of drug-likeness (QED) is 0.370. The second-order valence-electron chi connectivity index (χ2n) is 8.25. The van der Waals surface area contributed by atoms with Crippen LogP contribution in [0.1, 0.15) is 49.5 Å². The van der Waals surface area contributed by atoms with Crippen LogP contribution in [0.4, 0.5) is 11.8 Å². The molecule has 0 atom stereocenters. The minimum absolute atomic E-state index is 0.260. The van der Waals surface area contributed by atoms with Crippen molar-refractivity contribution < 1.29 is 0 Å². The summed E-state index contributed by atoms with van der Waals surface area (Å²) in [5, 5.41) is 7.58. The molecule has 1 fully saturated rings. The Kier molecular flexibility index (Phi) is 6.00. The molecule has 1 aliphatic carbocycles. The Bertz CT molecular complexity index is 1180. The Morgan fingerprint density at radius 3 is 2.72 bits per heavy atom. The molecule has 0 amide bonds. The van der Waals surface area contributed by atoms with Crippen LogP contribution in [0.15, 0.2) is 35.2 Å². The van der Waals surface area contributed by atoms with Crippen molar-refractivity contribution in [3.8, 4) is 11.3 Å². The predicted molar refractivity (Wildman–Crippen MR) is 129 cm³/mol. The lowest BCUT2D eigenvalue weighted by molar-refractivity contribution is 0.504. The lowest BCUT2D eigenvalue weighted by Crippen LogP contribution is -2.12. The highest BCUT2D eigenvalue weighted by atomic mass is 32.1. The highest BCUT2D eigenvalue weighted by molar-refractivity contribution is 7.08. The Labute approximate surface area is 191 Å². The fraction of sp³-hybridized carbons (Fsp3) is 0.391. The average molecular weight is 449 g/mol. The second-order valence-corrected chi connectivity index (χ2v) is 9.03. The first-order valence-corrected chi connectivity index (χ1v) is 12.1. The fourth-order valence-electron chi connectivity index (χ4n) is 4.44. The molecule has 1 aliphatic rings. The van der Waals surface area contributed by atoms with E-state index in [-0.39, 0.29) is 5.95 Å². The van der Waals surface area contributed by atoms with Crippen LogP contribution in [0.25, 0.3) is 22.4 Å². The molecule has 1 saturated carbocycles. The van der Waals surface area contributed by atoms with Crippen LogP contribution < -0.4 is 16.8 Å². The third-order valence-corrected chi connectivity index (χ3v) is 6.71. The maximum Gasteiger partial charge on any atom is 0.224 e. The largest absolute Gasteiger partial charge is 0.368 e. The van der Waals surface area contributed by atoms with Gasteiger partial charge in [-0.3, -0.25) is 4.98 Å². The molecule has 32 heavy (non-hydrogen) atoms. The topological polar surface area (TPSA) is 121 Å². The summed E-state index contributed by atoms with van der Waals surface area (Å²) in [5.41, 5.74) is 16.7. The summed E-state index contributed by atoms with van der Waals surface area (Å²) in [6, 6.07) is 6.62. The number of thiophene rings is 1. The minimum Gasteiger partial charge on any atom is -0.368 e. The van der Waals surface area contributed by atoms with E-state index in [1.807, 2.05) is 12.3 Å². The van der Waals surface area contributed by atoms with Crippen LogP contribution in [0, 0.1) is 0 Å². The van der Waals surface area contributed by atoms with Crippen molar-refractivity contribution in [2.24, 2.45) is 5.73 Å². The summed E-state index contributed by atoms with van der Waals surface area (Å²) in [5.74, 6) is 1.96. The predicted octanol–water partition coefficient (Wildman–Crippen LogP) is 4.15. The van der Waals surface area contributed by atoms with Crippen molar-refractivity contribution in [2.45, 2.75) is 51.1 Å². The molecule has 0 unspecified atom stereocenters. The molecule has 5 N–H and O–H groups in total. The smallest absolute Gasteiger partial charge is 0.224 e. The summed E-state index contributed by atoms with van der Waals surface area (Å²) in [6.07, 6.45) is 8.39. The van der Waals surface area contributed by atoms with Crippen LogP contribution in [0.3, 0.4) is 0 Å². The number of fused-ring (bicyclic) bond motifs is 1. The molecule has 0 saturated heterocycles. The van der Waals surface area contributed by atoms with E-state index < -0.39 is 0 Å². The summed E-state index contributed by atoms with van der Waals surface area (Å²) in [6.45, 7) is 1.22. The Balaban J connectivity index is 1.43. The Morgan fingerprint density at radius 2 is 2.00 bits per heavy atom. The normalized spacial score (nSPS) is 14.4. The number of nitrogens with zero attached hydrogens (tertiary/aromatic N) is 5. The number of aryl methyl sites for hydroxylation is 1. The molecule has 9 heteroatoms. The zero-order valence-corrected chi connectivity index (χ0v) is 18.8. The van der Waals surface area contributed by atoms with Crippen molar-refractivity contribution in [3.05, 3.63) is 46.5 Å². The third-order valence-electron chi connectivity index (χ3n) is 6.03. The molecule has 166 valence electrons. The average Bonchev–Trinajstić information content (AvgIpc) is 3.57. The van der Waals surface area contributed by atoms with Gasteiger partial charge in [-0.2, -0.15) is 21.3 Å². The third kappa shape index (κ3) is 4.18. The molecular formula is C23H28N8S. The zero-order chi connectivity index (χ0) is 21.9. The van der Waals surface area contributed by atoms with Crippen LogP contribution in [0.5, 0.6) is 0 Å². The number of rotatable bonds is 8. The van der Waals surface area contributed by atoms with E-state index >= 15 is 0 Å². The van der Waals surface area contributed by atoms with Gasteiger partial charge < -0.3 is 21.4 Å². The number of aromatic nitrogens is 5. The van der Waals surface area contributed by atoms with E-state index in [4.69, 9.17) is 16.5 Å². The maximum absolute atomic E-state index is 6.11. The number of nitrogen functional groups attached to an aromatic ring is 1. The van der Waals surface area contributed by atoms with Gasteiger partial charge in [0.2, 0.25) is 5.95 Å². The van der Waals surface area contributed by atoms with Crippen molar-refractivity contribution >= 4 is 34.3 Å². The molecule has 4 aromatic rings. The standard InChI is InChI=1S/C23H28N8S/c24-10-3-6-19-28-20-21(29-23(25)30-22(20)31(19)17-4-1-2-5-17)27-13-15-7-8-18(26-12-15)16-9-11-32-14-16/h7-9,11-12,14,17H,1-6,10,13,24H2,(H3,25,27,29,30). The van der Waals surface area contributed by atoms with E-state index in [0.29, 0.717) is 24.9 Å². The van der Waals surface area contributed by atoms with Crippen molar-refractivity contribution in [1.82, 2.24) is 24.5 Å². The minimum atomic E-state index is 0.260. The van der Waals surface area contributed by atoms with Crippen molar-refractivity contribution in [1.29, 1.82) is 0 Å².